The topological polar surface area (TPSA) is 58.6 Å². The molecule has 0 bridgehead atoms. The summed E-state index contributed by atoms with van der Waals surface area (Å²) in [7, 11) is 1.63. The lowest BCUT2D eigenvalue weighted by molar-refractivity contribution is -0.136. The Morgan fingerprint density at radius 2 is 1.50 bits per heavy atom. The van der Waals surface area contributed by atoms with E-state index in [2.05, 4.69) is 5.32 Å². The lowest BCUT2D eigenvalue weighted by Crippen LogP contribution is -2.34. The number of benzene rings is 3. The van der Waals surface area contributed by atoms with Crippen molar-refractivity contribution in [2.75, 3.05) is 19.0 Å². The fourth-order valence-electron chi connectivity index (χ4n) is 4.10. The number of carbonyl (C=O) groups excluding carboxylic acids is 2. The van der Waals surface area contributed by atoms with Crippen molar-refractivity contribution in [1.29, 1.82) is 0 Å². The van der Waals surface area contributed by atoms with Crippen LogP contribution in [-0.4, -0.2) is 30.4 Å². The van der Waals surface area contributed by atoms with Gasteiger partial charge in [0.15, 0.2) is 0 Å². The first-order valence-corrected chi connectivity index (χ1v) is 11.4. The minimum absolute atomic E-state index is 0.269. The van der Waals surface area contributed by atoms with E-state index >= 15 is 0 Å². The second kappa shape index (κ2) is 9.56. The van der Waals surface area contributed by atoms with Gasteiger partial charge in [-0.15, -0.1) is 0 Å². The number of carbonyl (C=O) groups is 2. The summed E-state index contributed by atoms with van der Waals surface area (Å²) in [6.45, 7) is 8.34. The average Bonchev–Trinajstić information content (AvgIpc) is 3.06. The average molecular weight is 455 g/mol. The highest BCUT2D eigenvalue weighted by atomic mass is 16.5. The maximum atomic E-state index is 13.6. The summed E-state index contributed by atoms with van der Waals surface area (Å²) in [5.41, 5.74) is 7.67. The lowest BCUT2D eigenvalue weighted by atomic mass is 9.99. The molecule has 0 atom stereocenters. The predicted octanol–water partition coefficient (Wildman–Crippen LogP) is 5.36. The van der Waals surface area contributed by atoms with Crippen LogP contribution in [0.3, 0.4) is 0 Å². The van der Waals surface area contributed by atoms with Crippen LogP contribution in [-0.2, 0) is 16.0 Å². The quantitative estimate of drug-likeness (QED) is 0.488. The molecule has 1 heterocycles. The predicted molar refractivity (Wildman–Crippen MR) is 136 cm³/mol. The second-order valence-corrected chi connectivity index (χ2v) is 8.85. The Morgan fingerprint density at radius 3 is 2.18 bits per heavy atom. The molecule has 4 rings (SSSR count). The maximum absolute atomic E-state index is 13.6. The number of nitrogens with zero attached hydrogens (tertiary/aromatic N) is 1. The molecule has 1 aliphatic rings. The van der Waals surface area contributed by atoms with Crippen molar-refractivity contribution in [3.8, 4) is 5.75 Å². The van der Waals surface area contributed by atoms with E-state index in [0.717, 1.165) is 44.8 Å². The van der Waals surface area contributed by atoms with Crippen LogP contribution in [0.1, 0.15) is 33.4 Å². The number of hydrogen-bond acceptors (Lipinski definition) is 4. The Balaban J connectivity index is 1.68. The van der Waals surface area contributed by atoms with Crippen LogP contribution in [0.25, 0.3) is 5.57 Å². The van der Waals surface area contributed by atoms with Crippen LogP contribution in [0.15, 0.2) is 66.4 Å². The van der Waals surface area contributed by atoms with Crippen LogP contribution >= 0.6 is 0 Å². The van der Waals surface area contributed by atoms with Crippen molar-refractivity contribution >= 4 is 23.1 Å². The molecule has 34 heavy (non-hydrogen) atoms. The van der Waals surface area contributed by atoms with E-state index in [0.29, 0.717) is 24.2 Å². The first kappa shape index (κ1) is 23.3. The largest absolute Gasteiger partial charge is 0.497 e. The lowest BCUT2D eigenvalue weighted by Gasteiger charge is -2.16. The first-order chi connectivity index (χ1) is 16.3. The van der Waals surface area contributed by atoms with E-state index in [9.17, 15) is 9.59 Å². The van der Waals surface area contributed by atoms with Crippen molar-refractivity contribution in [1.82, 2.24) is 4.90 Å². The molecule has 2 amide bonds. The number of rotatable bonds is 7. The van der Waals surface area contributed by atoms with Gasteiger partial charge in [-0.1, -0.05) is 42.5 Å². The summed E-state index contributed by atoms with van der Waals surface area (Å²) in [5.74, 6) is 0.206. The summed E-state index contributed by atoms with van der Waals surface area (Å²) in [6.07, 6.45) is 0.568. The molecule has 0 saturated heterocycles. The Morgan fingerprint density at radius 1 is 0.794 bits per heavy atom. The molecule has 0 spiro atoms. The van der Waals surface area contributed by atoms with Gasteiger partial charge in [0.25, 0.3) is 11.8 Å². The Kier molecular flexibility index (Phi) is 6.55. The highest BCUT2D eigenvalue weighted by Gasteiger charge is 2.39. The molecular formula is C29H30N2O3. The highest BCUT2D eigenvalue weighted by molar-refractivity contribution is 6.36. The molecule has 3 aromatic carbocycles. The molecule has 0 unspecified atom stereocenters. The summed E-state index contributed by atoms with van der Waals surface area (Å²) >= 11 is 0. The number of nitrogens with one attached hydrogen (secondary N) is 1. The fourth-order valence-corrected chi connectivity index (χ4v) is 4.10. The van der Waals surface area contributed by atoms with Crippen molar-refractivity contribution in [3.05, 3.63) is 99.7 Å². The molecule has 174 valence electrons. The van der Waals surface area contributed by atoms with E-state index in [4.69, 9.17) is 4.74 Å². The van der Waals surface area contributed by atoms with Crippen LogP contribution in [0.4, 0.5) is 5.69 Å². The van der Waals surface area contributed by atoms with Gasteiger partial charge in [0.1, 0.15) is 11.4 Å². The van der Waals surface area contributed by atoms with Gasteiger partial charge in [0.2, 0.25) is 0 Å². The molecule has 5 nitrogen and oxygen atoms in total. The Labute approximate surface area is 201 Å². The van der Waals surface area contributed by atoms with E-state index in [1.165, 1.54) is 4.90 Å². The molecule has 0 aliphatic carbocycles. The third-order valence-electron chi connectivity index (χ3n) is 6.40. The standard InChI is InChI=1S/C29H30N2O3/c1-18-6-7-20(3)25(16-18)30-27-26(23-11-8-19(2)21(4)17-23)28(32)31(29(27)33)15-14-22-9-12-24(34-5)13-10-22/h6-13,16-17,30H,14-15H2,1-5H3. The normalized spacial score (nSPS) is 13.6. The molecule has 0 aromatic heterocycles. The summed E-state index contributed by atoms with van der Waals surface area (Å²) < 4.78 is 5.22. The van der Waals surface area contributed by atoms with Gasteiger partial charge in [-0.3, -0.25) is 14.5 Å². The number of anilines is 1. The van der Waals surface area contributed by atoms with Crippen molar-refractivity contribution in [3.63, 3.8) is 0 Å². The molecule has 0 fully saturated rings. The summed E-state index contributed by atoms with van der Waals surface area (Å²) in [4.78, 5) is 28.5. The smallest absolute Gasteiger partial charge is 0.278 e. The highest BCUT2D eigenvalue weighted by Crippen LogP contribution is 2.32. The van der Waals surface area contributed by atoms with Gasteiger partial charge in [0, 0.05) is 12.2 Å². The fraction of sp³-hybridized carbons (Fsp3) is 0.241. The molecule has 1 aliphatic heterocycles. The van der Waals surface area contributed by atoms with Crippen LogP contribution in [0.5, 0.6) is 5.75 Å². The molecule has 0 radical (unpaired) electrons. The van der Waals surface area contributed by atoms with E-state index in [-0.39, 0.29) is 11.8 Å². The number of aryl methyl sites for hydroxylation is 4. The van der Waals surface area contributed by atoms with Gasteiger partial charge in [-0.2, -0.15) is 0 Å². The zero-order valence-electron chi connectivity index (χ0n) is 20.4. The first-order valence-electron chi connectivity index (χ1n) is 11.4. The van der Waals surface area contributed by atoms with E-state index < -0.39 is 0 Å². The van der Waals surface area contributed by atoms with Crippen molar-refractivity contribution in [2.24, 2.45) is 0 Å². The third kappa shape index (κ3) is 4.60. The monoisotopic (exact) mass is 454 g/mol. The minimum atomic E-state index is -0.298. The Hall–Kier alpha value is -3.86. The maximum Gasteiger partial charge on any atom is 0.278 e. The van der Waals surface area contributed by atoms with Crippen molar-refractivity contribution in [2.45, 2.75) is 34.1 Å². The Bertz CT molecular complexity index is 1290. The summed E-state index contributed by atoms with van der Waals surface area (Å²) in [6, 6.07) is 19.6. The van der Waals surface area contributed by atoms with Gasteiger partial charge >= 0.3 is 0 Å². The van der Waals surface area contributed by atoms with Gasteiger partial charge < -0.3 is 10.1 Å². The van der Waals surface area contributed by atoms with Crippen LogP contribution in [0.2, 0.25) is 0 Å². The molecule has 1 N–H and O–H groups in total. The zero-order chi connectivity index (χ0) is 24.4. The third-order valence-corrected chi connectivity index (χ3v) is 6.40. The second-order valence-electron chi connectivity index (χ2n) is 8.85. The molecule has 0 saturated carbocycles. The number of amides is 2. The zero-order valence-corrected chi connectivity index (χ0v) is 20.4. The number of hydrogen-bond donors (Lipinski definition) is 1. The molecule has 3 aromatic rings. The van der Waals surface area contributed by atoms with Gasteiger partial charge in [0.05, 0.1) is 12.7 Å². The van der Waals surface area contributed by atoms with Crippen LogP contribution in [0, 0.1) is 27.7 Å². The van der Waals surface area contributed by atoms with Crippen molar-refractivity contribution < 1.29 is 14.3 Å². The SMILES string of the molecule is COc1ccc(CCN2C(=O)C(Nc3cc(C)ccc3C)=C(c3ccc(C)c(C)c3)C2=O)cc1. The number of methoxy groups -OCH3 is 1. The molecule has 5 heteroatoms. The van der Waals surface area contributed by atoms with E-state index in [1.54, 1.807) is 7.11 Å². The molecular weight excluding hydrogens is 424 g/mol. The van der Waals surface area contributed by atoms with E-state index in [1.807, 2.05) is 88.4 Å². The number of ether oxygens (including phenoxy) is 1. The number of imide groups is 1. The minimum Gasteiger partial charge on any atom is -0.497 e. The van der Waals surface area contributed by atoms with Gasteiger partial charge in [-0.05, 0) is 85.7 Å². The summed E-state index contributed by atoms with van der Waals surface area (Å²) in [5, 5.41) is 3.31. The van der Waals surface area contributed by atoms with Crippen LogP contribution < -0.4 is 10.1 Å². The van der Waals surface area contributed by atoms with Gasteiger partial charge in [-0.25, -0.2) is 0 Å².